The summed E-state index contributed by atoms with van der Waals surface area (Å²) in [5.74, 6) is 0.965. The third-order valence-corrected chi connectivity index (χ3v) is 3.53. The van der Waals surface area contributed by atoms with E-state index in [4.69, 9.17) is 14.3 Å². The maximum atomic E-state index is 11.8. The Morgan fingerprint density at radius 3 is 2.83 bits per heavy atom. The number of hydrogen-bond acceptors (Lipinski definition) is 5. The number of halogens is 1. The SMILES string of the molecule is O=C(CO/N=C\c1ccc(Br)cc1)Nc1ccc2c(c1)OCO2. The molecular weight excluding hydrogens is 364 g/mol. The van der Waals surface area contributed by atoms with Gasteiger partial charge in [0.25, 0.3) is 5.91 Å². The number of nitrogens with one attached hydrogen (secondary N) is 1. The lowest BCUT2D eigenvalue weighted by atomic mass is 10.2. The third-order valence-electron chi connectivity index (χ3n) is 3.00. The van der Waals surface area contributed by atoms with Gasteiger partial charge in [0.05, 0.1) is 6.21 Å². The highest BCUT2D eigenvalue weighted by Crippen LogP contribution is 2.34. The van der Waals surface area contributed by atoms with E-state index in [1.807, 2.05) is 24.3 Å². The first-order chi connectivity index (χ1) is 11.2. The van der Waals surface area contributed by atoms with E-state index in [9.17, 15) is 4.79 Å². The zero-order valence-electron chi connectivity index (χ0n) is 12.0. The summed E-state index contributed by atoms with van der Waals surface area (Å²) in [6, 6.07) is 12.7. The second-order valence-electron chi connectivity index (χ2n) is 4.68. The summed E-state index contributed by atoms with van der Waals surface area (Å²) in [7, 11) is 0. The number of hydrogen-bond donors (Lipinski definition) is 1. The highest BCUT2D eigenvalue weighted by Gasteiger charge is 2.14. The zero-order valence-corrected chi connectivity index (χ0v) is 13.6. The van der Waals surface area contributed by atoms with Gasteiger partial charge in [0, 0.05) is 16.2 Å². The maximum Gasteiger partial charge on any atom is 0.265 e. The minimum Gasteiger partial charge on any atom is -0.454 e. The quantitative estimate of drug-likeness (QED) is 0.642. The molecule has 2 aromatic rings. The lowest BCUT2D eigenvalue weighted by molar-refractivity contribution is -0.120. The summed E-state index contributed by atoms with van der Waals surface area (Å²) in [5.41, 5.74) is 1.49. The van der Waals surface area contributed by atoms with Gasteiger partial charge >= 0.3 is 0 Å². The van der Waals surface area contributed by atoms with E-state index in [2.05, 4.69) is 26.4 Å². The van der Waals surface area contributed by atoms with Gasteiger partial charge < -0.3 is 19.6 Å². The number of carbonyl (C=O) groups is 1. The molecule has 118 valence electrons. The van der Waals surface area contributed by atoms with Crippen molar-refractivity contribution in [2.24, 2.45) is 5.16 Å². The standard InChI is InChI=1S/C16H13BrN2O4/c17-12-3-1-11(2-4-12)8-18-23-9-16(20)19-13-5-6-14-15(7-13)22-10-21-14/h1-8H,9-10H2,(H,19,20)/b18-8-. The Balaban J connectivity index is 1.47. The monoisotopic (exact) mass is 376 g/mol. The van der Waals surface area contributed by atoms with Gasteiger partial charge in [0.2, 0.25) is 6.79 Å². The molecule has 0 radical (unpaired) electrons. The minimum atomic E-state index is -0.308. The van der Waals surface area contributed by atoms with Crippen molar-refractivity contribution < 1.29 is 19.1 Å². The number of fused-ring (bicyclic) bond motifs is 1. The van der Waals surface area contributed by atoms with Gasteiger partial charge in [0.15, 0.2) is 18.1 Å². The van der Waals surface area contributed by atoms with Crippen LogP contribution < -0.4 is 14.8 Å². The average molecular weight is 377 g/mol. The molecule has 0 bridgehead atoms. The molecule has 0 saturated carbocycles. The van der Waals surface area contributed by atoms with Crippen LogP contribution in [0.4, 0.5) is 5.69 Å². The molecule has 0 unspecified atom stereocenters. The first kappa shape index (κ1) is 15.4. The van der Waals surface area contributed by atoms with Gasteiger partial charge in [-0.1, -0.05) is 33.2 Å². The molecule has 0 spiro atoms. The summed E-state index contributed by atoms with van der Waals surface area (Å²) in [6.45, 7) is 0.0160. The predicted octanol–water partition coefficient (Wildman–Crippen LogP) is 3.17. The summed E-state index contributed by atoms with van der Waals surface area (Å²) in [5, 5.41) is 6.46. The first-order valence-electron chi connectivity index (χ1n) is 6.81. The molecule has 23 heavy (non-hydrogen) atoms. The van der Waals surface area contributed by atoms with Gasteiger partial charge in [-0.3, -0.25) is 4.79 Å². The Bertz CT molecular complexity index is 731. The first-order valence-corrected chi connectivity index (χ1v) is 7.60. The van der Waals surface area contributed by atoms with E-state index in [0.717, 1.165) is 10.0 Å². The second-order valence-corrected chi connectivity index (χ2v) is 5.59. The van der Waals surface area contributed by atoms with Crippen molar-refractivity contribution in [3.63, 3.8) is 0 Å². The van der Waals surface area contributed by atoms with Crippen LogP contribution in [0.3, 0.4) is 0 Å². The fraction of sp³-hybridized carbons (Fsp3) is 0.125. The number of nitrogens with zero attached hydrogens (tertiary/aromatic N) is 1. The van der Waals surface area contributed by atoms with Gasteiger partial charge in [-0.05, 0) is 29.8 Å². The predicted molar refractivity (Wildman–Crippen MR) is 88.9 cm³/mol. The Morgan fingerprint density at radius 1 is 1.22 bits per heavy atom. The number of anilines is 1. The van der Waals surface area contributed by atoms with E-state index in [-0.39, 0.29) is 19.3 Å². The molecule has 7 heteroatoms. The van der Waals surface area contributed by atoms with Crippen LogP contribution in [-0.4, -0.2) is 25.5 Å². The van der Waals surface area contributed by atoms with Gasteiger partial charge in [-0.2, -0.15) is 0 Å². The van der Waals surface area contributed by atoms with E-state index in [1.54, 1.807) is 24.4 Å². The Labute approximate surface area is 141 Å². The number of ether oxygens (including phenoxy) is 2. The van der Waals surface area contributed by atoms with Crippen LogP contribution in [0.5, 0.6) is 11.5 Å². The van der Waals surface area contributed by atoms with Crippen molar-refractivity contribution in [2.45, 2.75) is 0 Å². The summed E-state index contributed by atoms with van der Waals surface area (Å²) < 4.78 is 11.4. The van der Waals surface area contributed by atoms with Crippen molar-refractivity contribution in [1.29, 1.82) is 0 Å². The molecule has 0 aromatic heterocycles. The number of amides is 1. The largest absolute Gasteiger partial charge is 0.454 e. The molecule has 0 atom stereocenters. The molecule has 1 N–H and O–H groups in total. The van der Waals surface area contributed by atoms with Crippen LogP contribution in [0.15, 0.2) is 52.1 Å². The van der Waals surface area contributed by atoms with Crippen molar-refractivity contribution in [2.75, 3.05) is 18.7 Å². The fourth-order valence-corrected chi connectivity index (χ4v) is 2.18. The molecule has 3 rings (SSSR count). The Hall–Kier alpha value is -2.54. The lowest BCUT2D eigenvalue weighted by Crippen LogP contribution is -2.16. The molecule has 0 aliphatic carbocycles. The maximum absolute atomic E-state index is 11.8. The van der Waals surface area contributed by atoms with Crippen LogP contribution in [0.1, 0.15) is 5.56 Å². The highest BCUT2D eigenvalue weighted by molar-refractivity contribution is 9.10. The van der Waals surface area contributed by atoms with Crippen LogP contribution >= 0.6 is 15.9 Å². The number of rotatable bonds is 5. The fourth-order valence-electron chi connectivity index (χ4n) is 1.91. The normalized spacial score (nSPS) is 12.4. The van der Waals surface area contributed by atoms with Gasteiger partial charge in [-0.15, -0.1) is 0 Å². The molecule has 1 amide bonds. The van der Waals surface area contributed by atoms with Gasteiger partial charge in [-0.25, -0.2) is 0 Å². The average Bonchev–Trinajstić information content (AvgIpc) is 3.01. The summed E-state index contributed by atoms with van der Waals surface area (Å²) >= 11 is 3.35. The van der Waals surface area contributed by atoms with Crippen molar-refractivity contribution >= 4 is 33.7 Å². The van der Waals surface area contributed by atoms with Crippen molar-refractivity contribution in [3.8, 4) is 11.5 Å². The topological polar surface area (TPSA) is 69.2 Å². The second kappa shape index (κ2) is 7.15. The number of oxime groups is 1. The molecule has 6 nitrogen and oxygen atoms in total. The molecule has 1 aliphatic heterocycles. The highest BCUT2D eigenvalue weighted by atomic mass is 79.9. The van der Waals surface area contributed by atoms with E-state index in [1.165, 1.54) is 0 Å². The Morgan fingerprint density at radius 2 is 2.00 bits per heavy atom. The smallest absolute Gasteiger partial charge is 0.265 e. The molecule has 2 aromatic carbocycles. The number of benzene rings is 2. The van der Waals surface area contributed by atoms with E-state index < -0.39 is 0 Å². The van der Waals surface area contributed by atoms with Crippen LogP contribution in [-0.2, 0) is 9.63 Å². The van der Waals surface area contributed by atoms with Crippen molar-refractivity contribution in [1.82, 2.24) is 0 Å². The summed E-state index contributed by atoms with van der Waals surface area (Å²) in [4.78, 5) is 16.8. The van der Waals surface area contributed by atoms with Gasteiger partial charge in [0.1, 0.15) is 0 Å². The molecular formula is C16H13BrN2O4. The van der Waals surface area contributed by atoms with E-state index >= 15 is 0 Å². The molecule has 1 heterocycles. The van der Waals surface area contributed by atoms with E-state index in [0.29, 0.717) is 17.2 Å². The van der Waals surface area contributed by atoms with Crippen LogP contribution in [0.25, 0.3) is 0 Å². The zero-order chi connectivity index (χ0) is 16.1. The van der Waals surface area contributed by atoms with Crippen LogP contribution in [0.2, 0.25) is 0 Å². The third kappa shape index (κ3) is 4.23. The Kier molecular flexibility index (Phi) is 4.77. The molecule has 0 fully saturated rings. The van der Waals surface area contributed by atoms with Crippen molar-refractivity contribution in [3.05, 3.63) is 52.5 Å². The van der Waals surface area contributed by atoms with Crippen LogP contribution in [0, 0.1) is 0 Å². The summed E-state index contributed by atoms with van der Waals surface area (Å²) in [6.07, 6.45) is 1.54. The lowest BCUT2D eigenvalue weighted by Gasteiger charge is -2.05. The molecule has 1 aliphatic rings. The molecule has 0 saturated heterocycles. The number of carbonyl (C=O) groups excluding carboxylic acids is 1. The minimum absolute atomic E-state index is 0.179.